The van der Waals surface area contributed by atoms with Crippen LogP contribution in [0.2, 0.25) is 0 Å². The maximum atomic E-state index is 13.3. The van der Waals surface area contributed by atoms with E-state index in [0.29, 0.717) is 11.8 Å². The highest BCUT2D eigenvalue weighted by molar-refractivity contribution is 5.94. The van der Waals surface area contributed by atoms with E-state index in [1.807, 2.05) is 41.3 Å². The van der Waals surface area contributed by atoms with Gasteiger partial charge in [0, 0.05) is 63.0 Å². The van der Waals surface area contributed by atoms with E-state index in [0.717, 1.165) is 57.1 Å². The second-order valence-electron chi connectivity index (χ2n) is 9.34. The van der Waals surface area contributed by atoms with Crippen molar-refractivity contribution in [1.82, 2.24) is 9.80 Å². The van der Waals surface area contributed by atoms with Crippen molar-refractivity contribution >= 4 is 11.6 Å². The SMILES string of the molecule is COc1cccc(C2CN(C(=O)c3ccccc3)CC2CN2CCN(c3ccccc3)CC2)c1. The molecule has 5 rings (SSSR count). The minimum atomic E-state index is 0.130. The maximum Gasteiger partial charge on any atom is 0.253 e. The van der Waals surface area contributed by atoms with Crippen molar-refractivity contribution in [2.75, 3.05) is 57.8 Å². The van der Waals surface area contributed by atoms with Gasteiger partial charge in [0.25, 0.3) is 5.91 Å². The molecule has 2 aliphatic heterocycles. The van der Waals surface area contributed by atoms with Crippen molar-refractivity contribution in [2.45, 2.75) is 5.92 Å². The molecule has 2 saturated heterocycles. The van der Waals surface area contributed by atoms with Gasteiger partial charge in [-0.15, -0.1) is 0 Å². The highest BCUT2D eigenvalue weighted by Gasteiger charge is 2.38. The lowest BCUT2D eigenvalue weighted by Crippen LogP contribution is -2.48. The summed E-state index contributed by atoms with van der Waals surface area (Å²) in [6.45, 7) is 6.69. The third kappa shape index (κ3) is 4.95. The first-order valence-corrected chi connectivity index (χ1v) is 12.2. The molecular weight excluding hydrogens is 422 g/mol. The van der Waals surface area contributed by atoms with Gasteiger partial charge in [0.05, 0.1) is 7.11 Å². The summed E-state index contributed by atoms with van der Waals surface area (Å²) in [4.78, 5) is 20.4. The predicted molar refractivity (Wildman–Crippen MR) is 137 cm³/mol. The van der Waals surface area contributed by atoms with E-state index in [4.69, 9.17) is 4.74 Å². The molecule has 0 saturated carbocycles. The van der Waals surface area contributed by atoms with Crippen LogP contribution in [0.4, 0.5) is 5.69 Å². The summed E-state index contributed by atoms with van der Waals surface area (Å²) in [5.74, 6) is 1.70. The van der Waals surface area contributed by atoms with Crippen molar-refractivity contribution in [3.05, 3.63) is 96.1 Å². The molecule has 3 aromatic rings. The number of carbonyl (C=O) groups is 1. The fraction of sp³-hybridized carbons (Fsp3) is 0.345. The third-order valence-corrected chi connectivity index (χ3v) is 7.26. The quantitative estimate of drug-likeness (QED) is 0.553. The molecule has 2 atom stereocenters. The number of hydrogen-bond donors (Lipinski definition) is 0. The van der Waals surface area contributed by atoms with Crippen LogP contribution in [-0.4, -0.2) is 68.6 Å². The molecule has 3 aromatic carbocycles. The molecule has 0 N–H and O–H groups in total. The number of likely N-dealkylation sites (tertiary alicyclic amines) is 1. The standard InChI is InChI=1S/C29H33N3O2/c1-34-27-14-8-11-24(19-27)28-22-32(29(33)23-9-4-2-5-10-23)21-25(28)20-30-15-17-31(18-16-30)26-12-6-3-7-13-26/h2-14,19,25,28H,15-18,20-22H2,1H3. The molecule has 2 aliphatic rings. The van der Waals surface area contributed by atoms with Gasteiger partial charge in [-0.1, -0.05) is 48.5 Å². The lowest BCUT2D eigenvalue weighted by atomic mass is 9.88. The lowest BCUT2D eigenvalue weighted by molar-refractivity contribution is 0.0782. The predicted octanol–water partition coefficient (Wildman–Crippen LogP) is 4.37. The van der Waals surface area contributed by atoms with E-state index in [1.54, 1.807) is 7.11 Å². The van der Waals surface area contributed by atoms with E-state index in [-0.39, 0.29) is 5.91 Å². The molecule has 5 heteroatoms. The second-order valence-corrected chi connectivity index (χ2v) is 9.34. The average Bonchev–Trinajstić information content (AvgIpc) is 3.33. The van der Waals surface area contributed by atoms with Crippen LogP contribution in [0.5, 0.6) is 5.75 Å². The Morgan fingerprint density at radius 3 is 2.26 bits per heavy atom. The van der Waals surface area contributed by atoms with Crippen molar-refractivity contribution in [1.29, 1.82) is 0 Å². The normalized spacial score (nSPS) is 21.0. The molecule has 0 bridgehead atoms. The maximum absolute atomic E-state index is 13.3. The molecule has 2 unspecified atom stereocenters. The summed E-state index contributed by atoms with van der Waals surface area (Å²) < 4.78 is 5.50. The zero-order chi connectivity index (χ0) is 23.3. The average molecular weight is 456 g/mol. The van der Waals surface area contributed by atoms with E-state index < -0.39 is 0 Å². The first kappa shape index (κ1) is 22.5. The van der Waals surface area contributed by atoms with Gasteiger partial charge < -0.3 is 14.5 Å². The van der Waals surface area contributed by atoms with Gasteiger partial charge in [0.15, 0.2) is 0 Å². The number of methoxy groups -OCH3 is 1. The largest absolute Gasteiger partial charge is 0.497 e. The highest BCUT2D eigenvalue weighted by Crippen LogP contribution is 2.35. The van der Waals surface area contributed by atoms with Crippen LogP contribution >= 0.6 is 0 Å². The van der Waals surface area contributed by atoms with Gasteiger partial charge >= 0.3 is 0 Å². The van der Waals surface area contributed by atoms with Gasteiger partial charge in [-0.2, -0.15) is 0 Å². The molecule has 0 aliphatic carbocycles. The molecular formula is C29H33N3O2. The Bertz CT molecular complexity index is 1080. The molecule has 2 heterocycles. The van der Waals surface area contributed by atoms with E-state index in [1.165, 1.54) is 11.3 Å². The molecule has 176 valence electrons. The Balaban J connectivity index is 1.30. The highest BCUT2D eigenvalue weighted by atomic mass is 16.5. The van der Waals surface area contributed by atoms with Gasteiger partial charge in [-0.3, -0.25) is 9.69 Å². The molecule has 0 spiro atoms. The Morgan fingerprint density at radius 1 is 0.853 bits per heavy atom. The van der Waals surface area contributed by atoms with E-state index >= 15 is 0 Å². The summed E-state index contributed by atoms with van der Waals surface area (Å²) in [5.41, 5.74) is 3.33. The van der Waals surface area contributed by atoms with Gasteiger partial charge in [-0.05, 0) is 47.9 Å². The smallest absolute Gasteiger partial charge is 0.253 e. The number of rotatable bonds is 6. The molecule has 2 fully saturated rings. The summed E-state index contributed by atoms with van der Waals surface area (Å²) in [7, 11) is 1.71. The molecule has 5 nitrogen and oxygen atoms in total. The number of carbonyl (C=O) groups excluding carboxylic acids is 1. The lowest BCUT2D eigenvalue weighted by Gasteiger charge is -2.37. The Kier molecular flexibility index (Phi) is 6.82. The number of para-hydroxylation sites is 1. The minimum Gasteiger partial charge on any atom is -0.497 e. The number of nitrogens with zero attached hydrogens (tertiary/aromatic N) is 3. The third-order valence-electron chi connectivity index (χ3n) is 7.26. The number of ether oxygens (including phenoxy) is 1. The topological polar surface area (TPSA) is 36.0 Å². The van der Waals surface area contributed by atoms with Crippen LogP contribution in [0.25, 0.3) is 0 Å². The first-order valence-electron chi connectivity index (χ1n) is 12.2. The van der Waals surface area contributed by atoms with Crippen molar-refractivity contribution in [3.8, 4) is 5.75 Å². The summed E-state index contributed by atoms with van der Waals surface area (Å²) in [5, 5.41) is 0. The Labute approximate surface area is 202 Å². The van der Waals surface area contributed by atoms with Crippen LogP contribution in [-0.2, 0) is 0 Å². The Hall–Kier alpha value is -3.31. The van der Waals surface area contributed by atoms with Gasteiger partial charge in [-0.25, -0.2) is 0 Å². The summed E-state index contributed by atoms with van der Waals surface area (Å²) in [6.07, 6.45) is 0. The first-order chi connectivity index (χ1) is 16.7. The van der Waals surface area contributed by atoms with Crippen molar-refractivity contribution in [3.63, 3.8) is 0 Å². The molecule has 0 aromatic heterocycles. The van der Waals surface area contributed by atoms with Crippen LogP contribution in [0.1, 0.15) is 21.8 Å². The monoisotopic (exact) mass is 455 g/mol. The van der Waals surface area contributed by atoms with Crippen LogP contribution in [0, 0.1) is 5.92 Å². The number of anilines is 1. The zero-order valence-electron chi connectivity index (χ0n) is 19.8. The minimum absolute atomic E-state index is 0.130. The number of benzene rings is 3. The van der Waals surface area contributed by atoms with Gasteiger partial charge in [0.1, 0.15) is 5.75 Å². The van der Waals surface area contributed by atoms with Crippen LogP contribution in [0.3, 0.4) is 0 Å². The van der Waals surface area contributed by atoms with Crippen molar-refractivity contribution < 1.29 is 9.53 Å². The number of piperazine rings is 1. The summed E-state index contributed by atoms with van der Waals surface area (Å²) in [6, 6.07) is 28.7. The fourth-order valence-corrected chi connectivity index (χ4v) is 5.39. The van der Waals surface area contributed by atoms with Crippen LogP contribution in [0.15, 0.2) is 84.9 Å². The van der Waals surface area contributed by atoms with Gasteiger partial charge in [0.2, 0.25) is 0 Å². The zero-order valence-corrected chi connectivity index (χ0v) is 19.8. The van der Waals surface area contributed by atoms with E-state index in [9.17, 15) is 4.79 Å². The molecule has 1 amide bonds. The molecule has 34 heavy (non-hydrogen) atoms. The van der Waals surface area contributed by atoms with Crippen molar-refractivity contribution in [2.24, 2.45) is 5.92 Å². The van der Waals surface area contributed by atoms with E-state index in [2.05, 4.69) is 58.3 Å². The number of amides is 1. The number of hydrogen-bond acceptors (Lipinski definition) is 4. The fourth-order valence-electron chi connectivity index (χ4n) is 5.39. The second kappa shape index (κ2) is 10.3. The van der Waals surface area contributed by atoms with Crippen LogP contribution < -0.4 is 9.64 Å². The Morgan fingerprint density at radius 2 is 1.56 bits per heavy atom. The molecule has 0 radical (unpaired) electrons. The summed E-state index contributed by atoms with van der Waals surface area (Å²) >= 11 is 0.